The van der Waals surface area contributed by atoms with Gasteiger partial charge >= 0.3 is 0 Å². The number of carbonyl (C=O) groups excluding carboxylic acids is 1. The molecule has 0 bridgehead atoms. The van der Waals surface area contributed by atoms with E-state index in [1.54, 1.807) is 24.3 Å². The number of nitrogens with zero attached hydrogens (tertiary/aromatic N) is 1. The number of carbonyl (C=O) groups is 1. The Bertz CT molecular complexity index is 968. The van der Waals surface area contributed by atoms with Crippen molar-refractivity contribution in [3.05, 3.63) is 63.4 Å². The third kappa shape index (κ3) is 4.11. The fourth-order valence-corrected chi connectivity index (χ4v) is 4.54. The van der Waals surface area contributed by atoms with Gasteiger partial charge in [0.05, 0.1) is 27.0 Å². The molecule has 3 aromatic rings. The van der Waals surface area contributed by atoms with Crippen LogP contribution in [0.1, 0.15) is 22.2 Å². The van der Waals surface area contributed by atoms with Crippen molar-refractivity contribution in [3.63, 3.8) is 0 Å². The topological polar surface area (TPSA) is 59.1 Å². The van der Waals surface area contributed by atoms with E-state index in [1.165, 1.54) is 11.3 Å². The van der Waals surface area contributed by atoms with E-state index in [4.69, 9.17) is 0 Å². The predicted molar refractivity (Wildman–Crippen MR) is 111 cm³/mol. The van der Waals surface area contributed by atoms with E-state index in [0.29, 0.717) is 21.3 Å². The van der Waals surface area contributed by atoms with Crippen LogP contribution in [0.2, 0.25) is 0 Å². The third-order valence-corrected chi connectivity index (χ3v) is 6.56. The van der Waals surface area contributed by atoms with Crippen molar-refractivity contribution in [2.45, 2.75) is 18.7 Å². The first-order valence-corrected chi connectivity index (χ1v) is 10.9. The highest BCUT2D eigenvalue weighted by Gasteiger charge is 2.17. The van der Waals surface area contributed by atoms with Crippen LogP contribution in [0.4, 0.5) is 5.13 Å². The summed E-state index contributed by atoms with van der Waals surface area (Å²) in [5.74, 6) is 0.174. The molecule has 2 aromatic carbocycles. The molecule has 3 rings (SSSR count). The van der Waals surface area contributed by atoms with E-state index in [2.05, 4.69) is 26.2 Å². The molecule has 1 heterocycles. The van der Waals surface area contributed by atoms with Gasteiger partial charge in [-0.25, -0.2) is 4.98 Å². The SMILES string of the molecule is CCS(=O)c1ccccc1C(=O)Nc1nc(-c2ccc(Br)cc2)c(C)s1. The Morgan fingerprint density at radius 2 is 1.88 bits per heavy atom. The second-order valence-corrected chi connectivity index (χ2v) is 9.34. The number of amides is 1. The number of benzene rings is 2. The lowest BCUT2D eigenvalue weighted by Gasteiger charge is -2.07. The first-order chi connectivity index (χ1) is 12.5. The molecule has 7 heteroatoms. The monoisotopic (exact) mass is 448 g/mol. The first kappa shape index (κ1) is 18.9. The van der Waals surface area contributed by atoms with Gasteiger partial charge in [0.15, 0.2) is 5.13 Å². The molecule has 1 N–H and O–H groups in total. The predicted octanol–water partition coefficient (Wildman–Crippen LogP) is 5.26. The number of anilines is 1. The van der Waals surface area contributed by atoms with Gasteiger partial charge in [-0.05, 0) is 31.2 Å². The van der Waals surface area contributed by atoms with Crippen LogP contribution in [0.25, 0.3) is 11.3 Å². The second kappa shape index (κ2) is 8.24. The van der Waals surface area contributed by atoms with Crippen molar-refractivity contribution in [1.29, 1.82) is 0 Å². The van der Waals surface area contributed by atoms with Crippen molar-refractivity contribution in [3.8, 4) is 11.3 Å². The average Bonchev–Trinajstić information content (AvgIpc) is 3.01. The van der Waals surface area contributed by atoms with Crippen LogP contribution in [-0.4, -0.2) is 20.9 Å². The molecular weight excluding hydrogens is 432 g/mol. The van der Waals surface area contributed by atoms with Gasteiger partial charge in [0.25, 0.3) is 5.91 Å². The Morgan fingerprint density at radius 3 is 2.58 bits per heavy atom. The summed E-state index contributed by atoms with van der Waals surface area (Å²) in [6, 6.07) is 14.9. The zero-order chi connectivity index (χ0) is 18.7. The second-order valence-electron chi connectivity index (χ2n) is 5.52. The number of aromatic nitrogens is 1. The van der Waals surface area contributed by atoms with E-state index in [-0.39, 0.29) is 5.91 Å². The molecule has 134 valence electrons. The van der Waals surface area contributed by atoms with Crippen LogP contribution in [0.15, 0.2) is 57.9 Å². The van der Waals surface area contributed by atoms with Crippen molar-refractivity contribution in [2.24, 2.45) is 0 Å². The Balaban J connectivity index is 1.86. The summed E-state index contributed by atoms with van der Waals surface area (Å²) in [5, 5.41) is 3.37. The normalized spacial score (nSPS) is 12.0. The Hall–Kier alpha value is -1.83. The van der Waals surface area contributed by atoms with Gasteiger partial charge in [-0.3, -0.25) is 14.3 Å². The maximum absolute atomic E-state index is 12.7. The molecule has 0 aliphatic rings. The van der Waals surface area contributed by atoms with E-state index in [1.807, 2.05) is 38.1 Å². The number of aryl methyl sites for hydroxylation is 1. The molecule has 0 aliphatic heterocycles. The summed E-state index contributed by atoms with van der Waals surface area (Å²) in [7, 11) is -1.19. The maximum atomic E-state index is 12.7. The molecule has 4 nitrogen and oxygen atoms in total. The number of hydrogen-bond donors (Lipinski definition) is 1. The quantitative estimate of drug-likeness (QED) is 0.578. The van der Waals surface area contributed by atoms with E-state index in [0.717, 1.165) is 20.6 Å². The lowest BCUT2D eigenvalue weighted by atomic mass is 10.1. The Labute approximate surface area is 167 Å². The molecule has 1 unspecified atom stereocenters. The summed E-state index contributed by atoms with van der Waals surface area (Å²) in [5.41, 5.74) is 2.27. The minimum atomic E-state index is -1.19. The van der Waals surface area contributed by atoms with Crippen LogP contribution in [0.3, 0.4) is 0 Å². The summed E-state index contributed by atoms with van der Waals surface area (Å²) in [6.07, 6.45) is 0. The highest BCUT2D eigenvalue weighted by atomic mass is 79.9. The molecule has 0 fully saturated rings. The minimum absolute atomic E-state index is 0.293. The first-order valence-electron chi connectivity index (χ1n) is 8.01. The summed E-state index contributed by atoms with van der Waals surface area (Å²) in [6.45, 7) is 3.81. The molecule has 0 saturated heterocycles. The van der Waals surface area contributed by atoms with Crippen LogP contribution in [0, 0.1) is 6.92 Å². The van der Waals surface area contributed by atoms with E-state index >= 15 is 0 Å². The molecule has 0 saturated carbocycles. The largest absolute Gasteiger partial charge is 0.298 e. The van der Waals surface area contributed by atoms with Gasteiger partial charge in [-0.1, -0.05) is 47.1 Å². The zero-order valence-corrected chi connectivity index (χ0v) is 17.5. The molecule has 1 atom stereocenters. The highest BCUT2D eigenvalue weighted by Crippen LogP contribution is 2.31. The van der Waals surface area contributed by atoms with E-state index in [9.17, 15) is 9.00 Å². The van der Waals surface area contributed by atoms with Crippen molar-refractivity contribution in [1.82, 2.24) is 4.98 Å². The van der Waals surface area contributed by atoms with Crippen molar-refractivity contribution in [2.75, 3.05) is 11.1 Å². The summed E-state index contributed by atoms with van der Waals surface area (Å²) < 4.78 is 13.2. The number of nitrogens with one attached hydrogen (secondary N) is 1. The van der Waals surface area contributed by atoms with Crippen LogP contribution in [0.5, 0.6) is 0 Å². The number of thiazole rings is 1. The number of rotatable bonds is 5. The van der Waals surface area contributed by atoms with Gasteiger partial charge in [0.2, 0.25) is 0 Å². The van der Waals surface area contributed by atoms with Crippen LogP contribution >= 0.6 is 27.3 Å². The molecule has 1 aromatic heterocycles. The molecule has 0 spiro atoms. The molecule has 26 heavy (non-hydrogen) atoms. The van der Waals surface area contributed by atoms with Gasteiger partial charge < -0.3 is 0 Å². The van der Waals surface area contributed by atoms with E-state index < -0.39 is 10.8 Å². The number of halogens is 1. The number of hydrogen-bond acceptors (Lipinski definition) is 4. The Kier molecular flexibility index (Phi) is 6.01. The zero-order valence-electron chi connectivity index (χ0n) is 14.3. The molecular formula is C19H17BrN2O2S2. The standard InChI is InChI=1S/C19H17BrN2O2S2/c1-3-26(24)16-7-5-4-6-15(16)18(23)22-19-21-17(12(2)25-19)13-8-10-14(20)11-9-13/h4-11H,3H2,1-2H3,(H,21,22,23). The van der Waals surface area contributed by atoms with Crippen LogP contribution in [-0.2, 0) is 10.8 Å². The van der Waals surface area contributed by atoms with Gasteiger partial charge in [-0.2, -0.15) is 0 Å². The Morgan fingerprint density at radius 1 is 1.19 bits per heavy atom. The van der Waals surface area contributed by atoms with Gasteiger partial charge in [0, 0.05) is 20.7 Å². The summed E-state index contributed by atoms with van der Waals surface area (Å²) >= 11 is 4.85. The van der Waals surface area contributed by atoms with Crippen molar-refractivity contribution < 1.29 is 9.00 Å². The molecule has 1 amide bonds. The maximum Gasteiger partial charge on any atom is 0.258 e. The lowest BCUT2D eigenvalue weighted by molar-refractivity contribution is 0.102. The fraction of sp³-hybridized carbons (Fsp3) is 0.158. The van der Waals surface area contributed by atoms with Crippen LogP contribution < -0.4 is 5.32 Å². The summed E-state index contributed by atoms with van der Waals surface area (Å²) in [4.78, 5) is 18.8. The smallest absolute Gasteiger partial charge is 0.258 e. The highest BCUT2D eigenvalue weighted by molar-refractivity contribution is 9.10. The van der Waals surface area contributed by atoms with Gasteiger partial charge in [0.1, 0.15) is 0 Å². The minimum Gasteiger partial charge on any atom is -0.298 e. The average molecular weight is 449 g/mol. The van der Waals surface area contributed by atoms with Gasteiger partial charge in [-0.15, -0.1) is 11.3 Å². The molecule has 0 radical (unpaired) electrons. The van der Waals surface area contributed by atoms with Crippen molar-refractivity contribution >= 4 is 49.1 Å². The fourth-order valence-electron chi connectivity index (χ4n) is 2.50. The lowest BCUT2D eigenvalue weighted by Crippen LogP contribution is -2.15. The molecule has 0 aliphatic carbocycles. The third-order valence-electron chi connectivity index (χ3n) is 3.77.